The Morgan fingerprint density at radius 2 is 1.70 bits per heavy atom. The Morgan fingerprint density at radius 3 is 2.17 bits per heavy atom. The van der Waals surface area contributed by atoms with Gasteiger partial charge in [0.05, 0.1) is 22.6 Å². The van der Waals surface area contributed by atoms with Crippen LogP contribution in [0.1, 0.15) is 12.0 Å². The summed E-state index contributed by atoms with van der Waals surface area (Å²) in [6.45, 7) is 8.14. The number of nitrogens with zero attached hydrogens (tertiary/aromatic N) is 1. The van der Waals surface area contributed by atoms with E-state index in [4.69, 9.17) is 0 Å². The molecule has 0 bridgehead atoms. The first-order chi connectivity index (χ1) is 10.5. The van der Waals surface area contributed by atoms with Gasteiger partial charge in [-0.2, -0.15) is 0 Å². The maximum atomic E-state index is 12.7. The van der Waals surface area contributed by atoms with Crippen LogP contribution in [0.2, 0.25) is 19.6 Å². The van der Waals surface area contributed by atoms with Gasteiger partial charge < -0.3 is 0 Å². The molecule has 1 aromatic carbocycles. The molecule has 1 aliphatic carbocycles. The molecule has 1 aromatic rings. The molecule has 2 rings (SSSR count). The van der Waals surface area contributed by atoms with Crippen LogP contribution in [-0.2, 0) is 14.8 Å². The molecule has 0 saturated heterocycles. The fourth-order valence-corrected chi connectivity index (χ4v) is 3.80. The highest BCUT2D eigenvalue weighted by Crippen LogP contribution is 2.30. The number of benzene rings is 1. The van der Waals surface area contributed by atoms with Gasteiger partial charge >= 0.3 is 0 Å². The third-order valence-electron chi connectivity index (χ3n) is 3.52. The number of ketones is 1. The number of hydrogen-bond acceptors (Lipinski definition) is 3. The van der Waals surface area contributed by atoms with Crippen molar-refractivity contribution in [3.63, 3.8) is 0 Å². The smallest absolute Gasteiger partial charge is 0.263 e. The molecule has 0 radical (unpaired) electrons. The zero-order valence-corrected chi connectivity index (χ0v) is 15.9. The SMILES string of the molecule is Cc1ccc(S(=O)(=O)N(C)C2=C(C#C[Si](C)(C)C)C(=O)C2)cc1. The van der Waals surface area contributed by atoms with Crippen molar-refractivity contribution in [2.75, 3.05) is 7.05 Å². The van der Waals surface area contributed by atoms with Crippen molar-refractivity contribution in [2.24, 2.45) is 0 Å². The van der Waals surface area contributed by atoms with Crippen LogP contribution in [0.25, 0.3) is 0 Å². The van der Waals surface area contributed by atoms with Gasteiger partial charge in [0.2, 0.25) is 0 Å². The van der Waals surface area contributed by atoms with E-state index in [1.54, 1.807) is 24.3 Å². The maximum Gasteiger partial charge on any atom is 0.263 e. The lowest BCUT2D eigenvalue weighted by atomic mass is 9.93. The van der Waals surface area contributed by atoms with E-state index in [1.807, 2.05) is 6.92 Å². The van der Waals surface area contributed by atoms with E-state index < -0.39 is 18.1 Å². The van der Waals surface area contributed by atoms with E-state index >= 15 is 0 Å². The third-order valence-corrected chi connectivity index (χ3v) is 6.20. The monoisotopic (exact) mass is 347 g/mol. The van der Waals surface area contributed by atoms with Crippen LogP contribution in [-0.4, -0.2) is 33.6 Å². The molecule has 122 valence electrons. The summed E-state index contributed by atoms with van der Waals surface area (Å²) in [6.07, 6.45) is 0.122. The van der Waals surface area contributed by atoms with Gasteiger partial charge in [0, 0.05) is 7.05 Å². The van der Waals surface area contributed by atoms with E-state index in [0.717, 1.165) is 5.56 Å². The van der Waals surface area contributed by atoms with Crippen molar-refractivity contribution in [2.45, 2.75) is 37.9 Å². The number of carbonyl (C=O) groups is 1. The number of sulfonamides is 1. The molecule has 0 spiro atoms. The summed E-state index contributed by atoms with van der Waals surface area (Å²) in [5.74, 6) is 2.82. The van der Waals surface area contributed by atoms with Crippen LogP contribution in [0.15, 0.2) is 40.4 Å². The molecule has 0 aliphatic heterocycles. The van der Waals surface area contributed by atoms with Crippen LogP contribution < -0.4 is 0 Å². The van der Waals surface area contributed by atoms with Crippen LogP contribution >= 0.6 is 0 Å². The van der Waals surface area contributed by atoms with Gasteiger partial charge in [-0.25, -0.2) is 8.42 Å². The largest absolute Gasteiger partial charge is 0.293 e. The Morgan fingerprint density at radius 1 is 1.13 bits per heavy atom. The van der Waals surface area contributed by atoms with Crippen LogP contribution in [0, 0.1) is 18.4 Å². The van der Waals surface area contributed by atoms with Crippen LogP contribution in [0.5, 0.6) is 0 Å². The summed E-state index contributed by atoms with van der Waals surface area (Å²) in [7, 11) is -3.81. The fourth-order valence-electron chi connectivity index (χ4n) is 2.06. The number of aryl methyl sites for hydroxylation is 1. The quantitative estimate of drug-likeness (QED) is 0.624. The Balaban J connectivity index is 2.40. The van der Waals surface area contributed by atoms with Crippen LogP contribution in [0.3, 0.4) is 0 Å². The lowest BCUT2D eigenvalue weighted by Crippen LogP contribution is -2.34. The molecule has 1 aliphatic rings. The summed E-state index contributed by atoms with van der Waals surface area (Å²) in [5.41, 5.74) is 4.94. The van der Waals surface area contributed by atoms with E-state index in [1.165, 1.54) is 11.4 Å². The van der Waals surface area contributed by atoms with Gasteiger partial charge in [-0.1, -0.05) is 43.3 Å². The van der Waals surface area contributed by atoms with Crippen molar-refractivity contribution >= 4 is 23.9 Å². The predicted molar refractivity (Wildman–Crippen MR) is 93.9 cm³/mol. The first kappa shape index (κ1) is 17.5. The standard InChI is InChI=1S/C17H21NO3SSi/c1-13-6-8-14(9-7-13)22(20,21)18(2)16-12-17(19)15(16)10-11-23(3,4)5/h6-9H,12H2,1-5H3. The molecule has 0 aromatic heterocycles. The molecule has 0 heterocycles. The molecule has 4 nitrogen and oxygen atoms in total. The summed E-state index contributed by atoms with van der Waals surface area (Å²) in [5, 5.41) is 0. The van der Waals surface area contributed by atoms with Crippen molar-refractivity contribution in [3.05, 3.63) is 41.1 Å². The molecule has 0 amide bonds. The molecular formula is C17H21NO3SSi. The van der Waals surface area contributed by atoms with E-state index in [2.05, 4.69) is 31.1 Å². The molecular weight excluding hydrogens is 326 g/mol. The summed E-state index contributed by atoms with van der Waals surface area (Å²) in [4.78, 5) is 12.0. The second-order valence-electron chi connectivity index (χ2n) is 6.71. The summed E-state index contributed by atoms with van der Waals surface area (Å²) in [6, 6.07) is 6.67. The van der Waals surface area contributed by atoms with Crippen LogP contribution in [0.4, 0.5) is 0 Å². The Labute approximate surface area is 139 Å². The van der Waals surface area contributed by atoms with Gasteiger partial charge in [0.15, 0.2) is 5.78 Å². The Hall–Kier alpha value is -1.84. The normalized spacial score (nSPS) is 14.9. The van der Waals surface area contributed by atoms with Gasteiger partial charge in [-0.05, 0) is 19.1 Å². The minimum absolute atomic E-state index is 0.0864. The molecule has 0 atom stereocenters. The minimum atomic E-state index is -3.66. The van der Waals surface area contributed by atoms with Crippen molar-refractivity contribution in [1.29, 1.82) is 0 Å². The lowest BCUT2D eigenvalue weighted by molar-refractivity contribution is -0.116. The fraction of sp³-hybridized carbons (Fsp3) is 0.353. The average Bonchev–Trinajstić information content (AvgIpc) is 2.43. The summed E-state index contributed by atoms with van der Waals surface area (Å²) < 4.78 is 26.5. The molecule has 0 saturated carbocycles. The highest BCUT2D eigenvalue weighted by atomic mass is 32.2. The van der Waals surface area contributed by atoms with Crippen molar-refractivity contribution < 1.29 is 13.2 Å². The van der Waals surface area contributed by atoms with Gasteiger partial charge in [0.25, 0.3) is 10.0 Å². The third kappa shape index (κ3) is 3.74. The number of Topliss-reactive ketones (excluding diaryl/α,β-unsaturated/α-hetero) is 1. The highest BCUT2D eigenvalue weighted by Gasteiger charge is 2.34. The molecule has 0 unspecified atom stereocenters. The maximum absolute atomic E-state index is 12.7. The zero-order chi connectivity index (χ0) is 17.4. The number of hydrogen-bond donors (Lipinski definition) is 0. The Kier molecular flexibility index (Phi) is 4.56. The zero-order valence-electron chi connectivity index (χ0n) is 14.1. The number of rotatable bonds is 3. The minimum Gasteiger partial charge on any atom is -0.293 e. The van der Waals surface area contributed by atoms with E-state index in [-0.39, 0.29) is 17.1 Å². The van der Waals surface area contributed by atoms with Gasteiger partial charge in [-0.15, -0.1) is 5.54 Å². The summed E-state index contributed by atoms with van der Waals surface area (Å²) >= 11 is 0. The van der Waals surface area contributed by atoms with Gasteiger partial charge in [0.1, 0.15) is 8.07 Å². The number of carbonyl (C=O) groups excluding carboxylic acids is 1. The van der Waals surface area contributed by atoms with Crippen molar-refractivity contribution in [1.82, 2.24) is 4.31 Å². The first-order valence-electron chi connectivity index (χ1n) is 7.37. The van der Waals surface area contributed by atoms with E-state index in [0.29, 0.717) is 11.3 Å². The second-order valence-corrected chi connectivity index (χ2v) is 13.4. The first-order valence-corrected chi connectivity index (χ1v) is 12.3. The second kappa shape index (κ2) is 5.98. The Bertz CT molecular complexity index is 835. The molecule has 0 fully saturated rings. The molecule has 6 heteroatoms. The average molecular weight is 348 g/mol. The van der Waals surface area contributed by atoms with Gasteiger partial charge in [-0.3, -0.25) is 9.10 Å². The highest BCUT2D eigenvalue weighted by molar-refractivity contribution is 7.89. The van der Waals surface area contributed by atoms with Crippen molar-refractivity contribution in [3.8, 4) is 11.5 Å². The van der Waals surface area contributed by atoms with E-state index in [9.17, 15) is 13.2 Å². The molecule has 0 N–H and O–H groups in total. The molecule has 23 heavy (non-hydrogen) atoms. The topological polar surface area (TPSA) is 54.5 Å². The predicted octanol–water partition coefficient (Wildman–Crippen LogP) is 2.72. The number of allylic oxidation sites excluding steroid dienone is 2. The lowest BCUT2D eigenvalue weighted by Gasteiger charge is -2.28.